The molecule has 30 valence electrons. The van der Waals surface area contributed by atoms with E-state index in [4.69, 9.17) is 10.5 Å². The first-order valence-electron chi connectivity index (χ1n) is 1.65. The van der Waals surface area contributed by atoms with Crippen LogP contribution in [0.5, 0.6) is 0 Å². The normalized spacial score (nSPS) is 5.67. The zero-order valence-corrected chi connectivity index (χ0v) is 3.31. The van der Waals surface area contributed by atoms with Gasteiger partial charge in [0.05, 0.1) is 12.1 Å². The molecule has 2 heteroatoms. The van der Waals surface area contributed by atoms with Gasteiger partial charge in [-0.3, -0.25) is 0 Å². The van der Waals surface area contributed by atoms with Crippen LogP contribution in [0.1, 0.15) is 12.8 Å². The van der Waals surface area contributed by atoms with Crippen LogP contribution in [0.3, 0.4) is 0 Å². The van der Waals surface area contributed by atoms with Crippen molar-refractivity contribution in [3.63, 3.8) is 0 Å². The molecule has 0 unspecified atom stereocenters. The maximum atomic E-state index is 7.80. The summed E-state index contributed by atoms with van der Waals surface area (Å²) in [6.45, 7) is 0. The Morgan fingerprint density at radius 2 is 1.33 bits per heavy atom. The van der Waals surface area contributed by atoms with Gasteiger partial charge in [0.2, 0.25) is 0 Å². The van der Waals surface area contributed by atoms with Gasteiger partial charge in [0.15, 0.2) is 0 Å². The van der Waals surface area contributed by atoms with Gasteiger partial charge in [-0.15, -0.1) is 0 Å². The van der Waals surface area contributed by atoms with Gasteiger partial charge in [0.1, 0.15) is 0 Å². The summed E-state index contributed by atoms with van der Waals surface area (Å²) in [5.74, 6) is 0. The van der Waals surface area contributed by atoms with E-state index >= 15 is 0 Å². The first-order chi connectivity index (χ1) is 2.91. The van der Waals surface area contributed by atoms with Gasteiger partial charge >= 0.3 is 0 Å². The van der Waals surface area contributed by atoms with Crippen molar-refractivity contribution in [3.8, 4) is 12.1 Å². The summed E-state index contributed by atoms with van der Waals surface area (Å²) in [6, 6.07) is 3.69. The minimum absolute atomic E-state index is 0.358. The van der Waals surface area contributed by atoms with Crippen molar-refractivity contribution < 1.29 is 0 Å². The van der Waals surface area contributed by atoms with Crippen molar-refractivity contribution in [1.82, 2.24) is 0 Å². The molecule has 0 aromatic carbocycles. The minimum atomic E-state index is 0.358. The average molecular weight is 82.1 g/mol. The fourth-order valence-electron chi connectivity index (χ4n) is 0.112. The number of hydrogen-bond donors (Lipinski definition) is 0. The molecular weight excluding hydrogens is 78.0 g/mol. The van der Waals surface area contributed by atoms with Crippen molar-refractivity contribution in [1.29, 1.82) is 10.5 Å². The summed E-state index contributed by atoms with van der Waals surface area (Å²) in [5, 5.41) is 15.6. The average Bonchev–Trinajstić information content (AvgIpc) is 1.61. The van der Waals surface area contributed by atoms with E-state index in [-0.39, 0.29) is 0 Å². The van der Waals surface area contributed by atoms with Crippen molar-refractivity contribution in [2.75, 3.05) is 0 Å². The minimum Gasteiger partial charge on any atom is -0.198 e. The molecular formula is C4H4N2. The molecule has 0 fully saturated rings. The van der Waals surface area contributed by atoms with Crippen LogP contribution in [0, 0.1) is 22.7 Å². The first kappa shape index (κ1) is 4.98. The van der Waals surface area contributed by atoms with E-state index in [1.54, 1.807) is 0 Å². The lowest BCUT2D eigenvalue weighted by atomic mass is 10.6. The quantitative estimate of drug-likeness (QED) is 0.347. The second kappa shape index (κ2) is 3.98. The molecule has 0 aromatic heterocycles. The largest absolute Gasteiger partial charge is 0.198 e. The Morgan fingerprint density at radius 3 is 1.50 bits per heavy atom. The molecule has 0 radical (unpaired) electrons. The van der Waals surface area contributed by atoms with Crippen LogP contribution in [0.4, 0.5) is 0 Å². The van der Waals surface area contributed by atoms with Crippen LogP contribution < -0.4 is 0 Å². The molecule has 0 aliphatic carbocycles. The summed E-state index contributed by atoms with van der Waals surface area (Å²) < 4.78 is 0. The van der Waals surface area contributed by atoms with Gasteiger partial charge in [-0.25, -0.2) is 0 Å². The highest BCUT2D eigenvalue weighted by Crippen LogP contribution is 1.78. The van der Waals surface area contributed by atoms with Crippen LogP contribution in [-0.2, 0) is 0 Å². The molecule has 6 heavy (non-hydrogen) atoms. The fourth-order valence-corrected chi connectivity index (χ4v) is 0.112. The zero-order chi connectivity index (χ0) is 4.83. The number of nitrogens with zero attached hydrogens (tertiary/aromatic N) is 2. The lowest BCUT2D eigenvalue weighted by Crippen LogP contribution is -1.58. The van der Waals surface area contributed by atoms with Gasteiger partial charge in [-0.1, -0.05) is 0 Å². The summed E-state index contributed by atoms with van der Waals surface area (Å²) in [4.78, 5) is 0. The number of rotatable bonds is 1. The predicted molar refractivity (Wildman–Crippen MR) is 20.5 cm³/mol. The smallest absolute Gasteiger partial charge is 0.0632 e. The van der Waals surface area contributed by atoms with Crippen molar-refractivity contribution in [2.45, 2.75) is 12.8 Å². The molecule has 0 heterocycles. The molecule has 0 bridgehead atoms. The fraction of sp³-hybridized carbons (Fsp3) is 0.500. The summed E-state index contributed by atoms with van der Waals surface area (Å²) in [6.07, 6.45) is 0.715. The number of hydrogen-bond acceptors (Lipinski definition) is 2. The van der Waals surface area contributed by atoms with Crippen LogP contribution >= 0.6 is 0 Å². The Bertz CT molecular complexity index is 79.1. The van der Waals surface area contributed by atoms with Gasteiger partial charge in [0, 0.05) is 12.8 Å². The molecule has 0 saturated heterocycles. The molecule has 0 aliphatic rings. The monoisotopic (exact) mass is 82.0 g/mol. The van der Waals surface area contributed by atoms with Crippen molar-refractivity contribution in [2.24, 2.45) is 0 Å². The Labute approximate surface area is 36.6 Å². The Hall–Kier alpha value is -1.02. The highest BCUT2D eigenvalue weighted by atomic mass is 14.5. The van der Waals surface area contributed by atoms with Gasteiger partial charge in [0.25, 0.3) is 0 Å². The highest BCUT2D eigenvalue weighted by molar-refractivity contribution is 4.78. The molecule has 0 spiro atoms. The number of unbranched alkanes of at least 4 members (excludes halogenated alkanes) is 1. The molecule has 0 atom stereocenters. The van der Waals surface area contributed by atoms with E-state index in [0.717, 1.165) is 0 Å². The van der Waals surface area contributed by atoms with Crippen molar-refractivity contribution in [3.05, 3.63) is 0 Å². The van der Waals surface area contributed by atoms with E-state index in [1.807, 2.05) is 12.1 Å². The maximum Gasteiger partial charge on any atom is 0.0632 e. The molecule has 0 N–H and O–H groups in total. The molecule has 0 aliphatic heterocycles. The maximum absolute atomic E-state index is 7.80. The summed E-state index contributed by atoms with van der Waals surface area (Å²) >= 11 is 0. The summed E-state index contributed by atoms with van der Waals surface area (Å²) in [7, 11) is 0. The number of nitriles is 2. The Morgan fingerprint density at radius 1 is 1.00 bits per heavy atom. The molecule has 0 saturated carbocycles. The van der Waals surface area contributed by atoms with Gasteiger partial charge < -0.3 is 0 Å². The lowest BCUT2D eigenvalue weighted by Gasteiger charge is -1.63. The zero-order valence-electron chi connectivity index (χ0n) is 3.31. The van der Waals surface area contributed by atoms with Gasteiger partial charge in [-0.05, 0) is 0 Å². The SMILES string of the molecule is N#[13C]CC[13C]#N. The van der Waals surface area contributed by atoms with Crippen LogP contribution in [0.15, 0.2) is 0 Å². The molecule has 0 rings (SSSR count). The molecule has 0 amide bonds. The van der Waals surface area contributed by atoms with E-state index in [0.29, 0.717) is 12.8 Å². The topological polar surface area (TPSA) is 47.6 Å². The predicted octanol–water partition coefficient (Wildman–Crippen LogP) is 0.814. The van der Waals surface area contributed by atoms with Crippen LogP contribution in [-0.4, -0.2) is 0 Å². The van der Waals surface area contributed by atoms with Crippen LogP contribution in [0.2, 0.25) is 0 Å². The second-order valence-electron chi connectivity index (χ2n) is 0.816. The van der Waals surface area contributed by atoms with E-state index < -0.39 is 0 Å². The Kier molecular flexibility index (Phi) is 3.30. The van der Waals surface area contributed by atoms with E-state index in [2.05, 4.69) is 0 Å². The third kappa shape index (κ3) is 2.98. The highest BCUT2D eigenvalue weighted by Gasteiger charge is 1.72. The third-order valence-electron chi connectivity index (χ3n) is 0.349. The van der Waals surface area contributed by atoms with E-state index in [9.17, 15) is 0 Å². The molecule has 0 aromatic rings. The lowest BCUT2D eigenvalue weighted by molar-refractivity contribution is 1.07. The Balaban J connectivity index is 2.78. The second-order valence-corrected chi connectivity index (χ2v) is 0.816. The van der Waals surface area contributed by atoms with Crippen molar-refractivity contribution >= 4 is 0 Å². The first-order valence-corrected chi connectivity index (χ1v) is 1.65. The van der Waals surface area contributed by atoms with Crippen LogP contribution in [0.25, 0.3) is 0 Å². The molecule has 2 nitrogen and oxygen atoms in total. The third-order valence-corrected chi connectivity index (χ3v) is 0.349. The van der Waals surface area contributed by atoms with E-state index in [1.165, 1.54) is 0 Å². The van der Waals surface area contributed by atoms with Gasteiger partial charge in [-0.2, -0.15) is 10.5 Å². The standard InChI is InChI=1S/C4H4N2/c5-3-1-2-4-6/h1-2H2/i3+1,4+1. The summed E-state index contributed by atoms with van der Waals surface area (Å²) in [5.41, 5.74) is 0.